The van der Waals surface area contributed by atoms with Crippen LogP contribution < -0.4 is 14.8 Å². The van der Waals surface area contributed by atoms with Crippen LogP contribution in [0.5, 0.6) is 11.5 Å². The molecule has 0 unspecified atom stereocenters. The first-order valence-corrected chi connectivity index (χ1v) is 9.06. The third-order valence-electron chi connectivity index (χ3n) is 3.74. The average molecular weight is 363 g/mol. The quantitative estimate of drug-likeness (QED) is 0.862. The van der Waals surface area contributed by atoms with Crippen molar-refractivity contribution >= 4 is 27.5 Å². The molecule has 8 nitrogen and oxygen atoms in total. The molecular formula is C16H17N3O5S. The van der Waals surface area contributed by atoms with Gasteiger partial charge in [-0.1, -0.05) is 0 Å². The summed E-state index contributed by atoms with van der Waals surface area (Å²) in [6.07, 6.45) is 4.91. The van der Waals surface area contributed by atoms with Crippen LogP contribution in [0.4, 0.5) is 5.69 Å². The van der Waals surface area contributed by atoms with Crippen molar-refractivity contribution in [1.82, 2.24) is 4.90 Å². The number of methoxy groups -OCH3 is 2. The van der Waals surface area contributed by atoms with E-state index in [0.717, 1.165) is 0 Å². The smallest absolute Gasteiger partial charge is 0.259 e. The molecule has 2 heterocycles. The molecule has 9 heteroatoms. The maximum atomic E-state index is 12.6. The Balaban J connectivity index is 1.87. The lowest BCUT2D eigenvalue weighted by Gasteiger charge is -2.28. The van der Waals surface area contributed by atoms with Crippen LogP contribution in [0, 0.1) is 0 Å². The predicted molar refractivity (Wildman–Crippen MR) is 93.3 cm³/mol. The molecule has 2 aliphatic rings. The second kappa shape index (κ2) is 6.60. The maximum Gasteiger partial charge on any atom is 0.259 e. The average Bonchev–Trinajstić information content (AvgIpc) is 2.60. The van der Waals surface area contributed by atoms with E-state index in [2.05, 4.69) is 9.71 Å². The second-order valence-corrected chi connectivity index (χ2v) is 7.09. The Kier molecular flexibility index (Phi) is 4.49. The molecule has 0 spiro atoms. The number of benzene rings is 1. The van der Waals surface area contributed by atoms with Crippen molar-refractivity contribution < 1.29 is 22.7 Å². The van der Waals surface area contributed by atoms with Crippen LogP contribution >= 0.6 is 0 Å². The lowest BCUT2D eigenvalue weighted by atomic mass is 10.1. The van der Waals surface area contributed by atoms with Gasteiger partial charge in [0.25, 0.3) is 15.9 Å². The third-order valence-corrected chi connectivity index (χ3v) is 4.89. The zero-order chi connectivity index (χ0) is 18.0. The Morgan fingerprint density at radius 3 is 2.72 bits per heavy atom. The summed E-state index contributed by atoms with van der Waals surface area (Å²) in [6.45, 7) is 0.263. The molecule has 0 saturated heterocycles. The molecule has 0 saturated carbocycles. The van der Waals surface area contributed by atoms with Crippen molar-refractivity contribution in [1.29, 1.82) is 0 Å². The lowest BCUT2D eigenvalue weighted by Crippen LogP contribution is -2.40. The van der Waals surface area contributed by atoms with Gasteiger partial charge in [0, 0.05) is 24.5 Å². The number of amidine groups is 1. The molecule has 1 aromatic carbocycles. The fraction of sp³-hybridized carbons (Fsp3) is 0.250. The summed E-state index contributed by atoms with van der Waals surface area (Å²) in [6, 6.07) is 4.95. The van der Waals surface area contributed by atoms with Crippen LogP contribution in [0.25, 0.3) is 0 Å². The molecule has 132 valence electrons. The molecule has 0 aromatic heterocycles. The fourth-order valence-electron chi connectivity index (χ4n) is 2.51. The number of nitrogens with zero attached hydrogens (tertiary/aromatic N) is 2. The number of carbonyl (C=O) groups is 1. The highest BCUT2D eigenvalue weighted by atomic mass is 32.2. The van der Waals surface area contributed by atoms with Gasteiger partial charge in [-0.2, -0.15) is 0 Å². The second-order valence-electron chi connectivity index (χ2n) is 5.34. The number of sulfonamides is 1. The molecule has 0 bridgehead atoms. The summed E-state index contributed by atoms with van der Waals surface area (Å²) in [4.78, 5) is 14.2. The summed E-state index contributed by atoms with van der Waals surface area (Å²) < 4.78 is 37.6. The van der Waals surface area contributed by atoms with Crippen LogP contribution in [0.15, 0.2) is 46.5 Å². The number of hydrogen-bond donors (Lipinski definition) is 1. The molecule has 1 amide bonds. The van der Waals surface area contributed by atoms with Crippen molar-refractivity contribution in [2.75, 3.05) is 31.8 Å². The summed E-state index contributed by atoms with van der Waals surface area (Å²) in [5.74, 6) is 0.598. The third kappa shape index (κ3) is 3.50. The molecule has 1 aromatic rings. The molecule has 25 heavy (non-hydrogen) atoms. The highest BCUT2D eigenvalue weighted by Crippen LogP contribution is 2.30. The van der Waals surface area contributed by atoms with Crippen LogP contribution in [0.2, 0.25) is 0 Å². The first kappa shape index (κ1) is 17.0. The Labute approximate surface area is 145 Å². The van der Waals surface area contributed by atoms with Gasteiger partial charge in [0.15, 0.2) is 17.3 Å². The normalized spacial score (nSPS) is 17.9. The van der Waals surface area contributed by atoms with E-state index >= 15 is 0 Å². The zero-order valence-electron chi connectivity index (χ0n) is 13.7. The molecule has 3 rings (SSSR count). The number of fused-ring (bicyclic) bond motifs is 1. The minimum absolute atomic E-state index is 0.0780. The Bertz CT molecular complexity index is 902. The first-order valence-electron chi connectivity index (χ1n) is 7.45. The minimum Gasteiger partial charge on any atom is -0.493 e. The van der Waals surface area contributed by atoms with Gasteiger partial charge in [-0.15, -0.1) is 4.40 Å². The van der Waals surface area contributed by atoms with Crippen molar-refractivity contribution in [3.8, 4) is 11.5 Å². The number of amides is 1. The van der Waals surface area contributed by atoms with E-state index in [9.17, 15) is 13.2 Å². The van der Waals surface area contributed by atoms with E-state index in [1.54, 1.807) is 35.4 Å². The monoisotopic (exact) mass is 363 g/mol. The molecule has 0 aliphatic carbocycles. The molecule has 2 aliphatic heterocycles. The first-order chi connectivity index (χ1) is 11.9. The molecular weight excluding hydrogens is 346 g/mol. The number of ether oxygens (including phenoxy) is 2. The Hall–Kier alpha value is -2.81. The van der Waals surface area contributed by atoms with Crippen LogP contribution in [-0.4, -0.2) is 51.6 Å². The van der Waals surface area contributed by atoms with Gasteiger partial charge < -0.3 is 19.7 Å². The van der Waals surface area contributed by atoms with E-state index in [4.69, 9.17) is 9.47 Å². The minimum atomic E-state index is -3.56. The topological polar surface area (TPSA) is 97.3 Å². The van der Waals surface area contributed by atoms with E-state index in [1.165, 1.54) is 20.3 Å². The summed E-state index contributed by atoms with van der Waals surface area (Å²) in [7, 11) is -0.540. The predicted octanol–water partition coefficient (Wildman–Crippen LogP) is 1.14. The van der Waals surface area contributed by atoms with Crippen LogP contribution in [0.1, 0.15) is 0 Å². The number of rotatable bonds is 4. The van der Waals surface area contributed by atoms with Crippen LogP contribution in [-0.2, 0) is 14.8 Å². The standard InChI is InChI=1S/C16H17N3O5S/c1-23-13-6-5-11(10-14(13)24-2)17-16(20)12-4-3-7-19-8-9-25(21,22)18-15(12)19/h3-7,10H,8-9H2,1-2H3,(H,17,20). The van der Waals surface area contributed by atoms with E-state index in [1.807, 2.05) is 0 Å². The zero-order valence-corrected chi connectivity index (χ0v) is 14.5. The Morgan fingerprint density at radius 2 is 2.00 bits per heavy atom. The van der Waals surface area contributed by atoms with Crippen molar-refractivity contribution in [3.63, 3.8) is 0 Å². The van der Waals surface area contributed by atoms with Gasteiger partial charge in [-0.3, -0.25) is 4.79 Å². The largest absolute Gasteiger partial charge is 0.493 e. The number of hydrogen-bond acceptors (Lipinski definition) is 6. The van der Waals surface area contributed by atoms with Gasteiger partial charge in [0.05, 0.1) is 25.5 Å². The van der Waals surface area contributed by atoms with E-state index in [0.29, 0.717) is 17.2 Å². The SMILES string of the molecule is COc1ccc(NC(=O)C2=CC=CN3CCS(=O)(=O)N=C23)cc1OC. The van der Waals surface area contributed by atoms with Crippen molar-refractivity contribution in [2.45, 2.75) is 0 Å². The fourth-order valence-corrected chi connectivity index (χ4v) is 3.49. The summed E-state index contributed by atoms with van der Waals surface area (Å²) >= 11 is 0. The van der Waals surface area contributed by atoms with E-state index < -0.39 is 15.9 Å². The van der Waals surface area contributed by atoms with Gasteiger partial charge >= 0.3 is 0 Å². The summed E-state index contributed by atoms with van der Waals surface area (Å²) in [5, 5.41) is 2.72. The van der Waals surface area contributed by atoms with Gasteiger partial charge in [-0.25, -0.2) is 8.42 Å². The van der Waals surface area contributed by atoms with Crippen LogP contribution in [0.3, 0.4) is 0 Å². The lowest BCUT2D eigenvalue weighted by molar-refractivity contribution is -0.112. The number of carbonyl (C=O) groups excluding carboxylic acids is 1. The molecule has 0 fully saturated rings. The van der Waals surface area contributed by atoms with Crippen molar-refractivity contribution in [2.24, 2.45) is 4.40 Å². The number of nitrogens with one attached hydrogen (secondary N) is 1. The molecule has 0 radical (unpaired) electrons. The van der Waals surface area contributed by atoms with Gasteiger partial charge in [-0.05, 0) is 24.3 Å². The van der Waals surface area contributed by atoms with E-state index in [-0.39, 0.29) is 23.7 Å². The Morgan fingerprint density at radius 1 is 1.24 bits per heavy atom. The van der Waals surface area contributed by atoms with Gasteiger partial charge in [0.2, 0.25) is 0 Å². The number of anilines is 1. The highest BCUT2D eigenvalue weighted by molar-refractivity contribution is 7.90. The van der Waals surface area contributed by atoms with Gasteiger partial charge in [0.1, 0.15) is 0 Å². The summed E-state index contributed by atoms with van der Waals surface area (Å²) in [5.41, 5.74) is 0.671. The highest BCUT2D eigenvalue weighted by Gasteiger charge is 2.30. The molecule has 0 atom stereocenters. The van der Waals surface area contributed by atoms with Crippen molar-refractivity contribution in [3.05, 3.63) is 42.1 Å². The molecule has 1 N–H and O–H groups in total. The maximum absolute atomic E-state index is 12.6. The number of allylic oxidation sites excluding steroid dienone is 2.